The van der Waals surface area contributed by atoms with Gasteiger partial charge in [-0.05, 0) is 64.2 Å². The molecule has 3 rings (SSSR count). The standard InChI is InChI=1S/C30H40N4O7/c1-17(2)25(26(36)31-18(3)27(37)34-15-7-8-23(33-34)28(38)39)41-29(40)30(5,6)14-13-20-9-10-21-11-12-22(19(4)35)32-24(21)16-20/h9-14,16-19,23,25,33,35H,7-8,15H2,1-6H3,(H,31,36)(H,38,39)/b14-13+/t18?,19-,23+,25+/m1/s1. The number of aromatic nitrogens is 1. The monoisotopic (exact) mass is 568 g/mol. The van der Waals surface area contributed by atoms with Crippen molar-refractivity contribution < 1.29 is 34.1 Å². The predicted octanol–water partition coefficient (Wildman–Crippen LogP) is 2.98. The molecule has 2 heterocycles. The van der Waals surface area contributed by atoms with Gasteiger partial charge in [-0.2, -0.15) is 0 Å². The molecule has 11 nitrogen and oxygen atoms in total. The average molecular weight is 569 g/mol. The highest BCUT2D eigenvalue weighted by Crippen LogP contribution is 2.25. The Labute approximate surface area is 239 Å². The summed E-state index contributed by atoms with van der Waals surface area (Å²) in [6.45, 7) is 10.3. The Morgan fingerprint density at radius 1 is 1.15 bits per heavy atom. The molecule has 1 fully saturated rings. The topological polar surface area (TPSA) is 158 Å². The van der Waals surface area contributed by atoms with Crippen molar-refractivity contribution in [2.45, 2.75) is 78.7 Å². The number of carbonyl (C=O) groups excluding carboxylic acids is 3. The fraction of sp³-hybridized carbons (Fsp3) is 0.500. The Hall–Kier alpha value is -3.83. The molecule has 1 aliphatic rings. The second-order valence-corrected chi connectivity index (χ2v) is 11.4. The van der Waals surface area contributed by atoms with Gasteiger partial charge in [0.2, 0.25) is 0 Å². The minimum Gasteiger partial charge on any atom is -0.480 e. The first-order valence-corrected chi connectivity index (χ1v) is 13.8. The van der Waals surface area contributed by atoms with Gasteiger partial charge in [0.25, 0.3) is 11.8 Å². The maximum Gasteiger partial charge on any atom is 0.322 e. The molecule has 0 saturated carbocycles. The molecular formula is C30H40N4O7. The molecule has 1 unspecified atom stereocenters. The molecule has 4 atom stereocenters. The molecule has 11 heteroatoms. The highest BCUT2D eigenvalue weighted by atomic mass is 16.5. The number of pyridine rings is 1. The van der Waals surface area contributed by atoms with Crippen molar-refractivity contribution in [3.63, 3.8) is 0 Å². The van der Waals surface area contributed by atoms with Crippen LogP contribution in [0.25, 0.3) is 17.0 Å². The summed E-state index contributed by atoms with van der Waals surface area (Å²) in [6, 6.07) is 7.48. The third-order valence-corrected chi connectivity index (χ3v) is 6.96. The van der Waals surface area contributed by atoms with E-state index in [4.69, 9.17) is 4.74 Å². The minimum atomic E-state index is -1.14. The summed E-state index contributed by atoms with van der Waals surface area (Å²) in [7, 11) is 0. The van der Waals surface area contributed by atoms with Crippen molar-refractivity contribution in [1.29, 1.82) is 0 Å². The number of carbonyl (C=O) groups is 4. The number of carboxylic acid groups (broad SMARTS) is 1. The third kappa shape index (κ3) is 8.11. The van der Waals surface area contributed by atoms with Crippen LogP contribution in [0.5, 0.6) is 0 Å². The number of aliphatic hydroxyl groups is 1. The van der Waals surface area contributed by atoms with Gasteiger partial charge in [-0.3, -0.25) is 29.2 Å². The van der Waals surface area contributed by atoms with Crippen LogP contribution in [0.2, 0.25) is 0 Å². The summed E-state index contributed by atoms with van der Waals surface area (Å²) in [5.41, 5.74) is 3.68. The molecular weight excluding hydrogens is 528 g/mol. The highest BCUT2D eigenvalue weighted by molar-refractivity contribution is 5.91. The number of amides is 2. The number of aliphatic carboxylic acids is 1. The zero-order valence-electron chi connectivity index (χ0n) is 24.4. The Kier molecular flexibility index (Phi) is 10.2. The Morgan fingerprint density at radius 3 is 2.46 bits per heavy atom. The Balaban J connectivity index is 1.66. The van der Waals surface area contributed by atoms with E-state index in [1.54, 1.807) is 52.8 Å². The zero-order valence-corrected chi connectivity index (χ0v) is 24.4. The lowest BCUT2D eigenvalue weighted by Gasteiger charge is -2.34. The van der Waals surface area contributed by atoms with Gasteiger partial charge >= 0.3 is 11.9 Å². The molecule has 1 aliphatic heterocycles. The number of fused-ring (bicyclic) bond motifs is 1. The van der Waals surface area contributed by atoms with Crippen LogP contribution in [0.15, 0.2) is 36.4 Å². The van der Waals surface area contributed by atoms with Crippen LogP contribution >= 0.6 is 0 Å². The lowest BCUT2D eigenvalue weighted by molar-refractivity contribution is -0.165. The summed E-state index contributed by atoms with van der Waals surface area (Å²) >= 11 is 0. The van der Waals surface area contributed by atoms with Crippen molar-refractivity contribution in [3.05, 3.63) is 47.7 Å². The molecule has 1 aromatic heterocycles. The van der Waals surface area contributed by atoms with Crippen LogP contribution in [0.1, 0.15) is 71.7 Å². The first kappa shape index (κ1) is 31.7. The fourth-order valence-electron chi connectivity index (χ4n) is 4.33. The number of nitrogens with one attached hydrogen (secondary N) is 2. The second-order valence-electron chi connectivity index (χ2n) is 11.4. The Morgan fingerprint density at radius 2 is 1.83 bits per heavy atom. The van der Waals surface area contributed by atoms with Crippen LogP contribution in [0.3, 0.4) is 0 Å². The molecule has 1 aromatic carbocycles. The SMILES string of the molecule is CC(NC(=O)[C@@H](OC(=O)C(C)(C)/C=C/c1ccc2ccc([C@@H](C)O)nc2c1)C(C)C)C(=O)N1CCC[C@@H](C(=O)O)N1. The van der Waals surface area contributed by atoms with Crippen molar-refractivity contribution in [2.24, 2.45) is 11.3 Å². The van der Waals surface area contributed by atoms with Crippen LogP contribution in [0.4, 0.5) is 0 Å². The number of carboxylic acids is 1. The first-order chi connectivity index (χ1) is 19.2. The number of benzene rings is 1. The molecule has 41 heavy (non-hydrogen) atoms. The molecule has 222 valence electrons. The number of rotatable bonds is 10. The smallest absolute Gasteiger partial charge is 0.322 e. The summed E-state index contributed by atoms with van der Waals surface area (Å²) in [5.74, 6) is -3.13. The van der Waals surface area contributed by atoms with E-state index in [-0.39, 0.29) is 5.92 Å². The van der Waals surface area contributed by atoms with E-state index in [0.717, 1.165) is 10.9 Å². The van der Waals surface area contributed by atoms with Gasteiger partial charge in [-0.15, -0.1) is 0 Å². The second kappa shape index (κ2) is 13.2. The van der Waals surface area contributed by atoms with Gasteiger partial charge in [0.15, 0.2) is 6.10 Å². The van der Waals surface area contributed by atoms with Gasteiger partial charge < -0.3 is 20.3 Å². The highest BCUT2D eigenvalue weighted by Gasteiger charge is 2.36. The molecule has 0 radical (unpaired) electrons. The summed E-state index contributed by atoms with van der Waals surface area (Å²) in [5, 5.41) is 23.8. The zero-order chi connectivity index (χ0) is 30.5. The largest absolute Gasteiger partial charge is 0.480 e. The number of hydrazine groups is 1. The number of hydrogen-bond donors (Lipinski definition) is 4. The van der Waals surface area contributed by atoms with E-state index < -0.39 is 53.5 Å². The van der Waals surface area contributed by atoms with Crippen molar-refractivity contribution in [2.75, 3.05) is 6.54 Å². The normalized spacial score (nSPS) is 18.2. The molecule has 0 aliphatic carbocycles. The van der Waals surface area contributed by atoms with E-state index in [1.807, 2.05) is 24.3 Å². The van der Waals surface area contributed by atoms with Crippen LogP contribution in [0, 0.1) is 11.3 Å². The minimum absolute atomic E-state index is 0.320. The maximum atomic E-state index is 13.2. The number of esters is 1. The van der Waals surface area contributed by atoms with Crippen LogP contribution < -0.4 is 10.7 Å². The number of nitrogens with zero attached hydrogens (tertiary/aromatic N) is 2. The molecule has 2 aromatic rings. The van der Waals surface area contributed by atoms with E-state index in [9.17, 15) is 29.4 Å². The lowest BCUT2D eigenvalue weighted by Crippen LogP contribution is -2.60. The number of ether oxygens (including phenoxy) is 1. The summed E-state index contributed by atoms with van der Waals surface area (Å²) in [6.07, 6.45) is 2.55. The lowest BCUT2D eigenvalue weighted by atomic mass is 9.92. The fourth-order valence-corrected chi connectivity index (χ4v) is 4.33. The van der Waals surface area contributed by atoms with Gasteiger partial charge in [0.05, 0.1) is 22.7 Å². The molecule has 0 bridgehead atoms. The van der Waals surface area contributed by atoms with E-state index in [1.165, 1.54) is 11.9 Å². The van der Waals surface area contributed by atoms with E-state index in [0.29, 0.717) is 30.6 Å². The van der Waals surface area contributed by atoms with Crippen molar-refractivity contribution >= 4 is 40.7 Å². The summed E-state index contributed by atoms with van der Waals surface area (Å²) in [4.78, 5) is 54.9. The predicted molar refractivity (Wildman–Crippen MR) is 153 cm³/mol. The van der Waals surface area contributed by atoms with Crippen LogP contribution in [-0.4, -0.2) is 68.7 Å². The third-order valence-electron chi connectivity index (χ3n) is 6.96. The van der Waals surface area contributed by atoms with Crippen molar-refractivity contribution in [3.8, 4) is 0 Å². The van der Waals surface area contributed by atoms with Gasteiger partial charge in [-0.1, -0.05) is 44.2 Å². The number of hydrogen-bond acceptors (Lipinski definition) is 8. The molecule has 4 N–H and O–H groups in total. The molecule has 1 saturated heterocycles. The Bertz CT molecular complexity index is 1320. The molecule has 0 spiro atoms. The average Bonchev–Trinajstić information content (AvgIpc) is 2.93. The maximum absolute atomic E-state index is 13.2. The van der Waals surface area contributed by atoms with Crippen LogP contribution in [-0.2, 0) is 23.9 Å². The van der Waals surface area contributed by atoms with Gasteiger partial charge in [0, 0.05) is 11.9 Å². The quantitative estimate of drug-likeness (QED) is 0.316. The van der Waals surface area contributed by atoms with Crippen molar-refractivity contribution in [1.82, 2.24) is 20.7 Å². The molecule has 2 amide bonds. The van der Waals surface area contributed by atoms with Gasteiger partial charge in [0.1, 0.15) is 12.1 Å². The van der Waals surface area contributed by atoms with E-state index >= 15 is 0 Å². The first-order valence-electron chi connectivity index (χ1n) is 13.8. The summed E-state index contributed by atoms with van der Waals surface area (Å²) < 4.78 is 5.65. The van der Waals surface area contributed by atoms with E-state index in [2.05, 4.69) is 15.7 Å². The number of aliphatic hydroxyl groups excluding tert-OH is 1. The van der Waals surface area contributed by atoms with Gasteiger partial charge in [-0.25, -0.2) is 5.43 Å².